The molecule has 1 atom stereocenters. The topological polar surface area (TPSA) is 90.7 Å². The van der Waals surface area contributed by atoms with Gasteiger partial charge in [0.15, 0.2) is 5.65 Å². The van der Waals surface area contributed by atoms with Gasteiger partial charge in [0.2, 0.25) is 0 Å². The molecule has 0 saturated carbocycles. The van der Waals surface area contributed by atoms with Gasteiger partial charge in [-0.05, 0) is 49.9 Å². The number of aromatic carboxylic acids is 1. The number of aromatic amines is 1. The Kier molecular flexibility index (Phi) is 4.53. The number of carboxylic acid groups (broad SMARTS) is 1. The quantitative estimate of drug-likeness (QED) is 0.722. The van der Waals surface area contributed by atoms with E-state index in [1.165, 1.54) is 4.52 Å². The number of carbonyl (C=O) groups is 1. The standard InChI is InChI=1S/C20H22N4O3/c1-13-8-18-21-17(10-19(25)24(18)22-13)12-23-7-6-15(11-23)9-14-2-4-16(5-3-14)20(26)27/h2-5,8,10,15,22H,6-7,9,11-12H2,1H3,(H,26,27). The molecule has 0 spiro atoms. The monoisotopic (exact) mass is 366 g/mol. The van der Waals surface area contributed by atoms with Crippen LogP contribution in [-0.2, 0) is 13.0 Å². The highest BCUT2D eigenvalue weighted by molar-refractivity contribution is 5.87. The molecule has 4 rings (SSSR count). The number of aromatic nitrogens is 3. The highest BCUT2D eigenvalue weighted by Gasteiger charge is 2.23. The molecular weight excluding hydrogens is 344 g/mol. The Bertz CT molecular complexity index is 1040. The second-order valence-electron chi connectivity index (χ2n) is 7.31. The summed E-state index contributed by atoms with van der Waals surface area (Å²) in [5.41, 5.74) is 3.76. The van der Waals surface area contributed by atoms with E-state index in [0.717, 1.165) is 42.9 Å². The van der Waals surface area contributed by atoms with Crippen molar-refractivity contribution in [1.29, 1.82) is 0 Å². The molecular formula is C20H22N4O3. The summed E-state index contributed by atoms with van der Waals surface area (Å²) >= 11 is 0. The van der Waals surface area contributed by atoms with Gasteiger partial charge in [0.25, 0.3) is 5.56 Å². The van der Waals surface area contributed by atoms with Gasteiger partial charge < -0.3 is 5.11 Å². The Labute approximate surface area is 156 Å². The molecule has 3 aromatic rings. The first-order valence-corrected chi connectivity index (χ1v) is 9.11. The second-order valence-corrected chi connectivity index (χ2v) is 7.31. The number of hydrogen-bond donors (Lipinski definition) is 2. The summed E-state index contributed by atoms with van der Waals surface area (Å²) in [5, 5.41) is 12.0. The van der Waals surface area contributed by atoms with Crippen LogP contribution in [0.1, 0.15) is 33.7 Å². The van der Waals surface area contributed by atoms with Crippen molar-refractivity contribution in [1.82, 2.24) is 19.5 Å². The molecule has 7 heteroatoms. The molecule has 1 fully saturated rings. The van der Waals surface area contributed by atoms with Crippen molar-refractivity contribution >= 4 is 11.6 Å². The minimum Gasteiger partial charge on any atom is -0.478 e. The van der Waals surface area contributed by atoms with Gasteiger partial charge in [0.1, 0.15) is 0 Å². The predicted octanol–water partition coefficient (Wildman–Crippen LogP) is 2.09. The summed E-state index contributed by atoms with van der Waals surface area (Å²) in [6, 6.07) is 10.6. The molecule has 140 valence electrons. The number of H-pyrrole nitrogens is 1. The molecule has 0 radical (unpaired) electrons. The van der Waals surface area contributed by atoms with Crippen molar-refractivity contribution < 1.29 is 9.90 Å². The van der Waals surface area contributed by atoms with E-state index in [1.807, 2.05) is 25.1 Å². The molecule has 0 aliphatic carbocycles. The summed E-state index contributed by atoms with van der Waals surface area (Å²) in [5.74, 6) is -0.369. The third-order valence-corrected chi connectivity index (χ3v) is 5.11. The molecule has 1 aliphatic heterocycles. The van der Waals surface area contributed by atoms with E-state index in [-0.39, 0.29) is 5.56 Å². The third kappa shape index (κ3) is 3.78. The zero-order chi connectivity index (χ0) is 19.0. The van der Waals surface area contributed by atoms with Crippen LogP contribution in [0.25, 0.3) is 5.65 Å². The minimum atomic E-state index is -0.897. The fourth-order valence-corrected chi connectivity index (χ4v) is 3.81. The number of nitrogens with one attached hydrogen (secondary N) is 1. The van der Waals surface area contributed by atoms with E-state index in [2.05, 4.69) is 15.0 Å². The first kappa shape index (κ1) is 17.5. The highest BCUT2D eigenvalue weighted by Crippen LogP contribution is 2.22. The highest BCUT2D eigenvalue weighted by atomic mass is 16.4. The first-order valence-electron chi connectivity index (χ1n) is 9.11. The number of fused-ring (bicyclic) bond motifs is 1. The van der Waals surface area contributed by atoms with Crippen molar-refractivity contribution in [3.63, 3.8) is 0 Å². The van der Waals surface area contributed by atoms with Crippen LogP contribution in [-0.4, -0.2) is 43.7 Å². The van der Waals surface area contributed by atoms with Crippen molar-refractivity contribution in [3.05, 3.63) is 69.3 Å². The van der Waals surface area contributed by atoms with Gasteiger partial charge in [0, 0.05) is 30.9 Å². The third-order valence-electron chi connectivity index (χ3n) is 5.11. The maximum absolute atomic E-state index is 12.2. The summed E-state index contributed by atoms with van der Waals surface area (Å²) < 4.78 is 1.46. The molecule has 1 saturated heterocycles. The van der Waals surface area contributed by atoms with Gasteiger partial charge in [-0.1, -0.05) is 12.1 Å². The van der Waals surface area contributed by atoms with E-state index in [0.29, 0.717) is 23.7 Å². The average Bonchev–Trinajstić information content (AvgIpc) is 3.21. The Balaban J connectivity index is 1.39. The SMILES string of the molecule is Cc1cc2nc(CN3CCC(Cc4ccc(C(=O)O)cc4)C3)cc(=O)n2[nH]1. The average molecular weight is 366 g/mol. The molecule has 1 aliphatic rings. The van der Waals surface area contributed by atoms with E-state index >= 15 is 0 Å². The van der Waals surface area contributed by atoms with Crippen LogP contribution in [0, 0.1) is 12.8 Å². The number of benzene rings is 1. The number of carboxylic acids is 1. The van der Waals surface area contributed by atoms with Gasteiger partial charge in [-0.2, -0.15) is 0 Å². The van der Waals surface area contributed by atoms with Crippen molar-refractivity contribution in [2.45, 2.75) is 26.3 Å². The Morgan fingerprint density at radius 1 is 1.30 bits per heavy atom. The molecule has 7 nitrogen and oxygen atoms in total. The molecule has 1 aromatic carbocycles. The van der Waals surface area contributed by atoms with Crippen molar-refractivity contribution in [2.75, 3.05) is 13.1 Å². The van der Waals surface area contributed by atoms with Crippen LogP contribution in [0.5, 0.6) is 0 Å². The van der Waals surface area contributed by atoms with E-state index in [9.17, 15) is 9.59 Å². The van der Waals surface area contributed by atoms with Crippen LogP contribution >= 0.6 is 0 Å². The fourth-order valence-electron chi connectivity index (χ4n) is 3.81. The second kappa shape index (κ2) is 7.00. The molecule has 27 heavy (non-hydrogen) atoms. The molecule has 2 aromatic heterocycles. The van der Waals surface area contributed by atoms with Gasteiger partial charge in [-0.25, -0.2) is 14.3 Å². The predicted molar refractivity (Wildman–Crippen MR) is 101 cm³/mol. The zero-order valence-electron chi connectivity index (χ0n) is 15.2. The number of hydrogen-bond acceptors (Lipinski definition) is 4. The van der Waals surface area contributed by atoms with Crippen LogP contribution in [0.3, 0.4) is 0 Å². The summed E-state index contributed by atoms with van der Waals surface area (Å²) in [6.45, 7) is 4.51. The molecule has 1 unspecified atom stereocenters. The van der Waals surface area contributed by atoms with Gasteiger partial charge in [0.05, 0.1) is 11.3 Å². The van der Waals surface area contributed by atoms with E-state index < -0.39 is 5.97 Å². The number of likely N-dealkylation sites (tertiary alicyclic amines) is 1. The van der Waals surface area contributed by atoms with Crippen LogP contribution < -0.4 is 5.56 Å². The van der Waals surface area contributed by atoms with Crippen molar-refractivity contribution in [3.8, 4) is 0 Å². The minimum absolute atomic E-state index is 0.0858. The first-order chi connectivity index (χ1) is 13.0. The number of nitrogens with zero attached hydrogens (tertiary/aromatic N) is 3. The molecule has 3 heterocycles. The summed E-state index contributed by atoms with van der Waals surface area (Å²) in [4.78, 5) is 30.1. The van der Waals surface area contributed by atoms with Gasteiger partial charge in [-0.15, -0.1) is 0 Å². The zero-order valence-corrected chi connectivity index (χ0v) is 15.2. The molecule has 2 N–H and O–H groups in total. The lowest BCUT2D eigenvalue weighted by atomic mass is 9.98. The van der Waals surface area contributed by atoms with Gasteiger partial charge >= 0.3 is 5.97 Å². The van der Waals surface area contributed by atoms with E-state index in [1.54, 1.807) is 18.2 Å². The number of aryl methyl sites for hydroxylation is 1. The summed E-state index contributed by atoms with van der Waals surface area (Å²) in [7, 11) is 0. The Hall–Kier alpha value is -2.93. The normalized spacial score (nSPS) is 17.6. The smallest absolute Gasteiger partial charge is 0.335 e. The van der Waals surface area contributed by atoms with Gasteiger partial charge in [-0.3, -0.25) is 14.8 Å². The van der Waals surface area contributed by atoms with Crippen LogP contribution in [0.2, 0.25) is 0 Å². The lowest BCUT2D eigenvalue weighted by molar-refractivity contribution is 0.0697. The Morgan fingerprint density at radius 3 is 2.81 bits per heavy atom. The largest absolute Gasteiger partial charge is 0.478 e. The lowest BCUT2D eigenvalue weighted by Crippen LogP contribution is -2.24. The molecule has 0 amide bonds. The number of rotatable bonds is 5. The van der Waals surface area contributed by atoms with Crippen LogP contribution in [0.4, 0.5) is 0 Å². The summed E-state index contributed by atoms with van der Waals surface area (Å²) in [6.07, 6.45) is 2.02. The molecule has 0 bridgehead atoms. The van der Waals surface area contributed by atoms with Crippen LogP contribution in [0.15, 0.2) is 41.2 Å². The van der Waals surface area contributed by atoms with Crippen molar-refractivity contribution in [2.24, 2.45) is 5.92 Å². The van der Waals surface area contributed by atoms with E-state index in [4.69, 9.17) is 5.11 Å². The lowest BCUT2D eigenvalue weighted by Gasteiger charge is -2.15. The Morgan fingerprint density at radius 2 is 2.07 bits per heavy atom. The fraction of sp³-hybridized carbons (Fsp3) is 0.350. The maximum atomic E-state index is 12.2. The maximum Gasteiger partial charge on any atom is 0.335 e.